The van der Waals surface area contributed by atoms with E-state index >= 15 is 0 Å². The van der Waals surface area contributed by atoms with Crippen molar-refractivity contribution in [1.29, 1.82) is 0 Å². The van der Waals surface area contributed by atoms with Crippen molar-refractivity contribution in [2.75, 3.05) is 18.2 Å². The average molecular weight is 465 g/mol. The monoisotopic (exact) mass is 465 g/mol. The summed E-state index contributed by atoms with van der Waals surface area (Å²) < 4.78 is 31.6. The average Bonchev–Trinajstić information content (AvgIpc) is 2.77. The molecule has 3 unspecified atom stereocenters. The van der Waals surface area contributed by atoms with Gasteiger partial charge >= 0.3 is 0 Å². The van der Waals surface area contributed by atoms with Crippen LogP contribution in [0.2, 0.25) is 0 Å². The van der Waals surface area contributed by atoms with Gasteiger partial charge in [0.25, 0.3) is 5.91 Å². The predicted molar refractivity (Wildman–Crippen MR) is 115 cm³/mol. The van der Waals surface area contributed by atoms with E-state index in [0.29, 0.717) is 11.4 Å². The molecular formula is C20H21F2N5O4S. The van der Waals surface area contributed by atoms with E-state index in [2.05, 4.69) is 21.3 Å². The third-order valence-corrected chi connectivity index (χ3v) is 5.51. The summed E-state index contributed by atoms with van der Waals surface area (Å²) in [5, 5.41) is 10.6. The first-order valence-electron chi connectivity index (χ1n) is 9.41. The fourth-order valence-electron chi connectivity index (χ4n) is 2.90. The van der Waals surface area contributed by atoms with Gasteiger partial charge in [-0.15, -0.1) is 11.8 Å². The molecular weight excluding hydrogens is 444 g/mol. The highest BCUT2D eigenvalue weighted by molar-refractivity contribution is 8.00. The summed E-state index contributed by atoms with van der Waals surface area (Å²) in [6.07, 6.45) is -0.979. The van der Waals surface area contributed by atoms with E-state index in [1.54, 1.807) is 24.3 Å². The number of nitrogens with one attached hydrogen (secondary N) is 4. The van der Waals surface area contributed by atoms with Crippen LogP contribution in [-0.2, 0) is 9.59 Å². The number of para-hydroxylation sites is 2. The molecule has 0 saturated carbocycles. The van der Waals surface area contributed by atoms with Crippen LogP contribution in [0.25, 0.3) is 0 Å². The number of amides is 3. The van der Waals surface area contributed by atoms with Gasteiger partial charge in [-0.25, -0.2) is 8.78 Å². The third-order valence-electron chi connectivity index (χ3n) is 4.49. The molecule has 6 N–H and O–H groups in total. The van der Waals surface area contributed by atoms with Gasteiger partial charge in [-0.2, -0.15) is 0 Å². The van der Waals surface area contributed by atoms with Gasteiger partial charge in [0, 0.05) is 5.56 Å². The van der Waals surface area contributed by atoms with Gasteiger partial charge < -0.3 is 26.4 Å². The number of thioether (sulfide) groups is 1. The van der Waals surface area contributed by atoms with Crippen LogP contribution in [0, 0.1) is 11.6 Å². The van der Waals surface area contributed by atoms with Crippen molar-refractivity contribution in [3.63, 3.8) is 0 Å². The fourth-order valence-corrected chi connectivity index (χ4v) is 3.74. The molecule has 1 aliphatic heterocycles. The van der Waals surface area contributed by atoms with E-state index in [1.165, 1.54) is 7.11 Å². The third kappa shape index (κ3) is 5.72. The van der Waals surface area contributed by atoms with Crippen LogP contribution < -0.4 is 31.7 Å². The summed E-state index contributed by atoms with van der Waals surface area (Å²) in [5.74, 6) is -3.47. The Labute approximate surface area is 186 Å². The Morgan fingerprint density at radius 1 is 1.19 bits per heavy atom. The molecule has 32 heavy (non-hydrogen) atoms. The van der Waals surface area contributed by atoms with Crippen molar-refractivity contribution in [3.8, 4) is 5.75 Å². The molecule has 1 aliphatic rings. The smallest absolute Gasteiger partial charge is 0.252 e. The Bertz CT molecular complexity index is 1030. The summed E-state index contributed by atoms with van der Waals surface area (Å²) in [7, 11) is 1.49. The molecule has 3 amide bonds. The molecule has 3 atom stereocenters. The van der Waals surface area contributed by atoms with Gasteiger partial charge in [0.1, 0.15) is 17.3 Å². The first-order valence-corrected chi connectivity index (χ1v) is 10.5. The molecule has 1 heterocycles. The number of carbonyl (C=O) groups excluding carboxylic acids is 3. The van der Waals surface area contributed by atoms with E-state index in [1.807, 2.05) is 0 Å². The standard InChI is InChI=1S/C20H21F2N5O4S/c1-31-14-5-3-2-4-13(14)24-15(28)9-32-20-26-17(23)16(19(30)27-20)25-18(29)10-6-7-11(21)12(22)8-10/h2-8,16-17,20,26H,9,23H2,1H3,(H,24,28)(H,25,29)(H,27,30). The Kier molecular flexibility index (Phi) is 7.62. The summed E-state index contributed by atoms with van der Waals surface area (Å²) in [5.41, 5.74) is 5.63. The second-order valence-electron chi connectivity index (χ2n) is 6.72. The summed E-state index contributed by atoms with van der Waals surface area (Å²) in [4.78, 5) is 36.9. The maximum absolute atomic E-state index is 13.3. The zero-order valence-electron chi connectivity index (χ0n) is 16.9. The Balaban J connectivity index is 1.52. The van der Waals surface area contributed by atoms with Crippen LogP contribution in [0.4, 0.5) is 14.5 Å². The van der Waals surface area contributed by atoms with E-state index in [4.69, 9.17) is 10.5 Å². The van der Waals surface area contributed by atoms with Crippen molar-refractivity contribution in [2.45, 2.75) is 17.7 Å². The summed E-state index contributed by atoms with van der Waals surface area (Å²) in [6.45, 7) is 0. The van der Waals surface area contributed by atoms with Crippen LogP contribution in [0.5, 0.6) is 5.75 Å². The van der Waals surface area contributed by atoms with E-state index < -0.39 is 41.2 Å². The van der Waals surface area contributed by atoms with Crippen LogP contribution in [0.3, 0.4) is 0 Å². The van der Waals surface area contributed by atoms with E-state index in [-0.39, 0.29) is 17.2 Å². The molecule has 1 saturated heterocycles. The van der Waals surface area contributed by atoms with Crippen molar-refractivity contribution in [2.24, 2.45) is 5.73 Å². The lowest BCUT2D eigenvalue weighted by atomic mass is 10.1. The van der Waals surface area contributed by atoms with Crippen molar-refractivity contribution < 1.29 is 27.9 Å². The minimum absolute atomic E-state index is 0.00536. The Morgan fingerprint density at radius 3 is 2.62 bits per heavy atom. The zero-order valence-corrected chi connectivity index (χ0v) is 17.7. The first-order chi connectivity index (χ1) is 15.3. The highest BCUT2D eigenvalue weighted by atomic mass is 32.2. The second kappa shape index (κ2) is 10.4. The van der Waals surface area contributed by atoms with Gasteiger partial charge in [-0.1, -0.05) is 12.1 Å². The molecule has 0 radical (unpaired) electrons. The zero-order chi connectivity index (χ0) is 23.3. The molecule has 0 bridgehead atoms. The predicted octanol–water partition coefficient (Wildman–Crippen LogP) is 0.731. The quantitative estimate of drug-likeness (QED) is 0.407. The van der Waals surface area contributed by atoms with Crippen molar-refractivity contribution in [1.82, 2.24) is 16.0 Å². The minimum Gasteiger partial charge on any atom is -0.495 e. The van der Waals surface area contributed by atoms with E-state index in [0.717, 1.165) is 30.0 Å². The molecule has 170 valence electrons. The normalized spacial score (nSPS) is 20.2. The fraction of sp³-hybridized carbons (Fsp3) is 0.250. The number of benzene rings is 2. The highest BCUT2D eigenvalue weighted by Crippen LogP contribution is 2.23. The van der Waals surface area contributed by atoms with Crippen molar-refractivity contribution in [3.05, 3.63) is 59.7 Å². The minimum atomic E-state index is -1.18. The number of halogens is 2. The van der Waals surface area contributed by atoms with Crippen LogP contribution in [0.15, 0.2) is 42.5 Å². The van der Waals surface area contributed by atoms with Gasteiger partial charge in [0.2, 0.25) is 11.8 Å². The number of nitrogens with two attached hydrogens (primary N) is 1. The molecule has 9 nitrogen and oxygen atoms in total. The SMILES string of the molecule is COc1ccccc1NC(=O)CSC1NC(=O)C(NC(=O)c2ccc(F)c(F)c2)C(N)N1. The Morgan fingerprint density at radius 2 is 1.94 bits per heavy atom. The number of rotatable bonds is 7. The molecule has 1 fully saturated rings. The highest BCUT2D eigenvalue weighted by Gasteiger charge is 2.35. The molecule has 2 aromatic carbocycles. The lowest BCUT2D eigenvalue weighted by Crippen LogP contribution is -2.70. The van der Waals surface area contributed by atoms with Gasteiger partial charge in [0.15, 0.2) is 11.6 Å². The number of carbonyl (C=O) groups is 3. The lowest BCUT2D eigenvalue weighted by Gasteiger charge is -2.35. The van der Waals surface area contributed by atoms with E-state index in [9.17, 15) is 23.2 Å². The number of hydrogen-bond acceptors (Lipinski definition) is 7. The largest absolute Gasteiger partial charge is 0.495 e. The van der Waals surface area contributed by atoms with Gasteiger partial charge in [0.05, 0.1) is 24.7 Å². The van der Waals surface area contributed by atoms with Crippen molar-refractivity contribution >= 4 is 35.2 Å². The topological polar surface area (TPSA) is 135 Å². The van der Waals surface area contributed by atoms with Crippen LogP contribution >= 0.6 is 11.8 Å². The number of methoxy groups -OCH3 is 1. The first kappa shape index (κ1) is 23.4. The molecule has 3 rings (SSSR count). The molecule has 12 heteroatoms. The number of anilines is 1. The lowest BCUT2D eigenvalue weighted by molar-refractivity contribution is -0.125. The molecule has 0 aromatic heterocycles. The van der Waals surface area contributed by atoms with Crippen LogP contribution in [0.1, 0.15) is 10.4 Å². The summed E-state index contributed by atoms with van der Waals surface area (Å²) in [6, 6.07) is 8.39. The van der Waals surface area contributed by atoms with Gasteiger partial charge in [-0.05, 0) is 30.3 Å². The number of ether oxygens (including phenoxy) is 1. The Hall–Kier alpha value is -3.22. The van der Waals surface area contributed by atoms with Gasteiger partial charge in [-0.3, -0.25) is 19.7 Å². The molecule has 2 aromatic rings. The molecule has 0 aliphatic carbocycles. The molecule has 0 spiro atoms. The number of hydrogen-bond donors (Lipinski definition) is 5. The van der Waals surface area contributed by atoms with Crippen LogP contribution in [-0.4, -0.2) is 48.3 Å². The second-order valence-corrected chi connectivity index (χ2v) is 7.81. The maximum Gasteiger partial charge on any atom is 0.252 e. The maximum atomic E-state index is 13.3. The summed E-state index contributed by atoms with van der Waals surface area (Å²) >= 11 is 1.09.